The predicted molar refractivity (Wildman–Crippen MR) is 114 cm³/mol. The number of nitrogens with one attached hydrogen (secondary N) is 1. The number of carbonyl (C=O) groups excluding carboxylic acids is 1. The molecule has 0 spiro atoms. The lowest BCUT2D eigenvalue weighted by Gasteiger charge is -2.42. The largest absolute Gasteiger partial charge is 0.356 e. The first-order valence-corrected chi connectivity index (χ1v) is 10.4. The first-order valence-electron chi connectivity index (χ1n) is 9.35. The van der Waals surface area contributed by atoms with Crippen LogP contribution in [0.3, 0.4) is 0 Å². The Morgan fingerprint density at radius 3 is 2.50 bits per heavy atom. The second-order valence-electron chi connectivity index (χ2n) is 7.70. The van der Waals surface area contributed by atoms with Crippen LogP contribution in [0.4, 0.5) is 8.78 Å². The molecule has 6 heteroatoms. The number of hydrogen-bond donors (Lipinski definition) is 1. The van der Waals surface area contributed by atoms with E-state index in [2.05, 4.69) is 4.98 Å². The van der Waals surface area contributed by atoms with Crippen LogP contribution in [0.15, 0.2) is 36.4 Å². The Labute approximate surface area is 176 Å². The Balaban J connectivity index is 2.02. The van der Waals surface area contributed by atoms with Gasteiger partial charge >= 0.3 is 0 Å². The average Bonchev–Trinajstić information content (AvgIpc) is 2.98. The summed E-state index contributed by atoms with van der Waals surface area (Å²) in [5, 5.41) is 1.04. The number of amides is 1. The molecule has 0 aliphatic carbocycles. The number of rotatable bonds is 2. The zero-order valence-corrected chi connectivity index (χ0v) is 18.1. The number of benzene rings is 2. The first-order chi connectivity index (χ1) is 13.3. The van der Waals surface area contributed by atoms with Crippen LogP contribution in [-0.4, -0.2) is 21.8 Å². The SMILES string of the molecule is CC(C)C(=O)N1[C@H](c2c(F)cc(I)cc2F)c2[nH]c3ccccc3c2C[C@H]1C. The van der Waals surface area contributed by atoms with Crippen molar-refractivity contribution in [1.29, 1.82) is 0 Å². The highest BCUT2D eigenvalue weighted by atomic mass is 127. The van der Waals surface area contributed by atoms with Gasteiger partial charge in [0.1, 0.15) is 17.7 Å². The monoisotopic (exact) mass is 494 g/mol. The lowest BCUT2D eigenvalue weighted by molar-refractivity contribution is -0.139. The summed E-state index contributed by atoms with van der Waals surface area (Å²) >= 11 is 1.90. The highest BCUT2D eigenvalue weighted by Gasteiger charge is 2.41. The van der Waals surface area contributed by atoms with Gasteiger partial charge in [-0.05, 0) is 59.7 Å². The molecule has 1 N–H and O–H groups in total. The lowest BCUT2D eigenvalue weighted by Crippen LogP contribution is -2.48. The highest BCUT2D eigenvalue weighted by Crippen LogP contribution is 2.43. The summed E-state index contributed by atoms with van der Waals surface area (Å²) in [4.78, 5) is 18.1. The fourth-order valence-corrected chi connectivity index (χ4v) is 4.75. The molecule has 0 saturated heterocycles. The molecular formula is C22H21F2IN2O. The third-order valence-electron chi connectivity index (χ3n) is 5.44. The summed E-state index contributed by atoms with van der Waals surface area (Å²) in [6.07, 6.45) is 0.641. The van der Waals surface area contributed by atoms with Crippen LogP contribution >= 0.6 is 22.6 Å². The van der Waals surface area contributed by atoms with Gasteiger partial charge in [-0.3, -0.25) is 4.79 Å². The van der Waals surface area contributed by atoms with Gasteiger partial charge in [0.25, 0.3) is 0 Å². The Kier molecular flexibility index (Phi) is 4.93. The van der Waals surface area contributed by atoms with Crippen molar-refractivity contribution in [3.63, 3.8) is 0 Å². The second kappa shape index (κ2) is 7.13. The number of fused-ring (bicyclic) bond motifs is 3. The summed E-state index contributed by atoms with van der Waals surface area (Å²) < 4.78 is 30.5. The number of hydrogen-bond acceptors (Lipinski definition) is 1. The molecule has 0 radical (unpaired) electrons. The number of aromatic amines is 1. The minimum atomic E-state index is -0.821. The van der Waals surface area contributed by atoms with Crippen molar-refractivity contribution in [1.82, 2.24) is 9.88 Å². The van der Waals surface area contributed by atoms with Crippen molar-refractivity contribution in [2.45, 2.75) is 39.3 Å². The van der Waals surface area contributed by atoms with Crippen LogP contribution in [-0.2, 0) is 11.2 Å². The van der Waals surface area contributed by atoms with Crippen molar-refractivity contribution < 1.29 is 13.6 Å². The van der Waals surface area contributed by atoms with Crippen LogP contribution < -0.4 is 0 Å². The van der Waals surface area contributed by atoms with E-state index in [4.69, 9.17) is 0 Å². The number of H-pyrrole nitrogens is 1. The van der Waals surface area contributed by atoms with E-state index >= 15 is 8.78 Å². The molecule has 1 aliphatic heterocycles. The van der Waals surface area contributed by atoms with E-state index in [1.165, 1.54) is 12.1 Å². The van der Waals surface area contributed by atoms with E-state index in [1.54, 1.807) is 4.90 Å². The first kappa shape index (κ1) is 19.4. The second-order valence-corrected chi connectivity index (χ2v) is 8.95. The normalized spacial score (nSPS) is 19.3. The minimum Gasteiger partial charge on any atom is -0.356 e. The molecule has 1 amide bonds. The molecule has 0 saturated carbocycles. The summed E-state index contributed by atoms with van der Waals surface area (Å²) in [6.45, 7) is 5.57. The molecular weight excluding hydrogens is 473 g/mol. The third kappa shape index (κ3) is 3.02. The molecule has 4 rings (SSSR count). The maximum absolute atomic E-state index is 15.0. The molecule has 146 valence electrons. The molecule has 1 aromatic heterocycles. The van der Waals surface area contributed by atoms with Gasteiger partial charge < -0.3 is 9.88 Å². The van der Waals surface area contributed by atoms with E-state index in [0.717, 1.165) is 16.5 Å². The van der Waals surface area contributed by atoms with Gasteiger partial charge in [-0.25, -0.2) is 8.78 Å². The van der Waals surface area contributed by atoms with Crippen molar-refractivity contribution in [3.8, 4) is 0 Å². The highest BCUT2D eigenvalue weighted by molar-refractivity contribution is 14.1. The molecule has 3 nitrogen and oxygen atoms in total. The molecule has 1 aliphatic rings. The quantitative estimate of drug-likeness (QED) is 0.465. The standard InChI is InChI=1S/C22H21F2IN2O/c1-11(2)22(28)27-12(3)8-15-14-6-4-5-7-18(14)26-20(15)21(27)19-16(23)9-13(25)10-17(19)24/h4-7,9-12,21,26H,8H2,1-3H3/t12-,21-/m1/s1. The lowest BCUT2D eigenvalue weighted by atomic mass is 9.87. The molecule has 2 aromatic carbocycles. The minimum absolute atomic E-state index is 0.0752. The topological polar surface area (TPSA) is 36.1 Å². The summed E-state index contributed by atoms with van der Waals surface area (Å²) in [7, 11) is 0. The molecule has 2 heterocycles. The fourth-order valence-electron chi connectivity index (χ4n) is 4.20. The van der Waals surface area contributed by atoms with Gasteiger partial charge in [0, 0.05) is 32.1 Å². The molecule has 0 bridgehead atoms. The Morgan fingerprint density at radius 2 is 1.86 bits per heavy atom. The van der Waals surface area contributed by atoms with Crippen LogP contribution in [0.2, 0.25) is 0 Å². The van der Waals surface area contributed by atoms with Crippen molar-refractivity contribution in [2.75, 3.05) is 0 Å². The van der Waals surface area contributed by atoms with Gasteiger partial charge in [-0.1, -0.05) is 32.0 Å². The summed E-state index contributed by atoms with van der Waals surface area (Å²) in [6, 6.07) is 9.47. The third-order valence-corrected chi connectivity index (χ3v) is 6.06. The molecule has 28 heavy (non-hydrogen) atoms. The number of halogens is 3. The molecule has 0 unspecified atom stereocenters. The molecule has 3 aromatic rings. The zero-order valence-electron chi connectivity index (χ0n) is 15.9. The molecule has 2 atom stereocenters. The smallest absolute Gasteiger partial charge is 0.226 e. The fraction of sp³-hybridized carbons (Fsp3) is 0.318. The number of para-hydroxylation sites is 1. The van der Waals surface area contributed by atoms with E-state index in [0.29, 0.717) is 15.7 Å². The van der Waals surface area contributed by atoms with E-state index in [-0.39, 0.29) is 23.4 Å². The van der Waals surface area contributed by atoms with Crippen LogP contribution in [0.5, 0.6) is 0 Å². The number of nitrogens with zero attached hydrogens (tertiary/aromatic N) is 1. The van der Waals surface area contributed by atoms with Crippen LogP contribution in [0.1, 0.15) is 43.6 Å². The Bertz CT molecular complexity index is 1050. The van der Waals surface area contributed by atoms with Gasteiger partial charge in [0.15, 0.2) is 0 Å². The molecule has 0 fully saturated rings. The van der Waals surface area contributed by atoms with Gasteiger partial charge in [-0.15, -0.1) is 0 Å². The van der Waals surface area contributed by atoms with Crippen LogP contribution in [0.25, 0.3) is 10.9 Å². The van der Waals surface area contributed by atoms with Gasteiger partial charge in [0.05, 0.1) is 5.56 Å². The predicted octanol–water partition coefficient (Wildman–Crippen LogP) is 5.57. The van der Waals surface area contributed by atoms with Crippen LogP contribution in [0, 0.1) is 21.1 Å². The summed E-state index contributed by atoms with van der Waals surface area (Å²) in [5.41, 5.74) is 2.56. The number of aromatic nitrogens is 1. The van der Waals surface area contributed by atoms with Crippen molar-refractivity contribution >= 4 is 39.4 Å². The Morgan fingerprint density at radius 1 is 1.21 bits per heavy atom. The van der Waals surface area contributed by atoms with Gasteiger partial charge in [-0.2, -0.15) is 0 Å². The van der Waals surface area contributed by atoms with Crippen molar-refractivity contribution in [3.05, 3.63) is 68.4 Å². The maximum atomic E-state index is 15.0. The number of carbonyl (C=O) groups is 1. The van der Waals surface area contributed by atoms with E-state index in [9.17, 15) is 4.79 Å². The Hall–Kier alpha value is -1.96. The zero-order chi connectivity index (χ0) is 20.2. The van der Waals surface area contributed by atoms with E-state index < -0.39 is 17.7 Å². The average molecular weight is 494 g/mol. The maximum Gasteiger partial charge on any atom is 0.226 e. The van der Waals surface area contributed by atoms with E-state index in [1.807, 2.05) is 67.6 Å². The van der Waals surface area contributed by atoms with Crippen molar-refractivity contribution in [2.24, 2.45) is 5.92 Å². The summed E-state index contributed by atoms with van der Waals surface area (Å²) in [5.74, 6) is -1.64. The van der Waals surface area contributed by atoms with Gasteiger partial charge in [0.2, 0.25) is 5.91 Å².